The normalized spacial score (nSPS) is 26.9. The maximum Gasteiger partial charge on any atom is 0.137 e. The van der Waals surface area contributed by atoms with Crippen LogP contribution in [0.2, 0.25) is 0 Å². The summed E-state index contributed by atoms with van der Waals surface area (Å²) in [6.45, 7) is 4.02. The highest BCUT2D eigenvalue weighted by molar-refractivity contribution is 5.85. The molecule has 2 fully saturated rings. The molecule has 15 heavy (non-hydrogen) atoms. The molecule has 1 aliphatic carbocycles. The first-order chi connectivity index (χ1) is 7.28. The van der Waals surface area contributed by atoms with Crippen molar-refractivity contribution in [2.24, 2.45) is 11.3 Å². The fraction of sp³-hybridized carbons (Fsp3) is 0.769. The molecule has 0 amide bonds. The summed E-state index contributed by atoms with van der Waals surface area (Å²) >= 11 is 0. The summed E-state index contributed by atoms with van der Waals surface area (Å²) in [5, 5.41) is 3.36. The van der Waals surface area contributed by atoms with Gasteiger partial charge in [-0.2, -0.15) is 0 Å². The Labute approximate surface area is 91.8 Å². The number of carbonyl (C=O) groups is 1. The van der Waals surface area contributed by atoms with Crippen molar-refractivity contribution in [2.45, 2.75) is 39.0 Å². The average molecular weight is 205 g/mol. The molecule has 1 spiro atoms. The molecular formula is C13H19NO. The Morgan fingerprint density at radius 1 is 1.47 bits per heavy atom. The van der Waals surface area contributed by atoms with E-state index in [1.54, 1.807) is 0 Å². The first kappa shape index (κ1) is 10.7. The van der Waals surface area contributed by atoms with Crippen LogP contribution in [0, 0.1) is 23.2 Å². The van der Waals surface area contributed by atoms with Gasteiger partial charge in [-0.1, -0.05) is 0 Å². The molecule has 1 heterocycles. The van der Waals surface area contributed by atoms with Gasteiger partial charge in [0.25, 0.3) is 0 Å². The van der Waals surface area contributed by atoms with Gasteiger partial charge in [-0.15, -0.1) is 11.8 Å². The summed E-state index contributed by atoms with van der Waals surface area (Å²) in [6, 6.07) is 0. The second kappa shape index (κ2) is 4.37. The summed E-state index contributed by atoms with van der Waals surface area (Å²) in [5.41, 5.74) is 0.405. The van der Waals surface area contributed by atoms with Crippen LogP contribution in [-0.4, -0.2) is 18.9 Å². The summed E-state index contributed by atoms with van der Waals surface area (Å²) in [6.07, 6.45) is 4.96. The molecule has 1 aliphatic heterocycles. The van der Waals surface area contributed by atoms with E-state index in [1.165, 1.54) is 12.8 Å². The number of piperidine rings is 1. The number of rotatable bonds is 3. The molecule has 2 aliphatic rings. The molecule has 1 saturated heterocycles. The van der Waals surface area contributed by atoms with Gasteiger partial charge in [0.2, 0.25) is 0 Å². The third-order valence-electron chi connectivity index (χ3n) is 3.85. The van der Waals surface area contributed by atoms with E-state index in [4.69, 9.17) is 0 Å². The lowest BCUT2D eigenvalue weighted by Gasteiger charge is -2.23. The fourth-order valence-corrected chi connectivity index (χ4v) is 2.77. The zero-order valence-electron chi connectivity index (χ0n) is 9.44. The van der Waals surface area contributed by atoms with Crippen LogP contribution in [0.5, 0.6) is 0 Å². The van der Waals surface area contributed by atoms with Crippen LogP contribution in [-0.2, 0) is 4.79 Å². The van der Waals surface area contributed by atoms with E-state index in [0.29, 0.717) is 23.5 Å². The molecule has 0 bridgehead atoms. The summed E-state index contributed by atoms with van der Waals surface area (Å²) in [7, 11) is 0. The highest BCUT2D eigenvalue weighted by atomic mass is 16.1. The molecule has 2 heteroatoms. The Morgan fingerprint density at radius 2 is 2.20 bits per heavy atom. The molecular weight excluding hydrogens is 186 g/mol. The van der Waals surface area contributed by atoms with Crippen molar-refractivity contribution in [3.05, 3.63) is 0 Å². The third kappa shape index (κ3) is 2.23. The maximum atomic E-state index is 11.9. The van der Waals surface area contributed by atoms with Gasteiger partial charge in [0.1, 0.15) is 5.78 Å². The minimum absolute atomic E-state index is 0.373. The number of hydrogen-bond acceptors (Lipinski definition) is 2. The fourth-order valence-electron chi connectivity index (χ4n) is 2.77. The molecule has 0 radical (unpaired) electrons. The van der Waals surface area contributed by atoms with Gasteiger partial charge in [0.05, 0.1) is 0 Å². The van der Waals surface area contributed by atoms with Crippen molar-refractivity contribution in [2.75, 3.05) is 13.1 Å². The number of nitrogens with one attached hydrogen (secondary N) is 1. The SMILES string of the molecule is CC#CCCC(=O)C1CC12CCNCC2. The zero-order valence-corrected chi connectivity index (χ0v) is 9.44. The van der Waals surface area contributed by atoms with Crippen LogP contribution < -0.4 is 5.32 Å². The molecule has 1 atom stereocenters. The predicted molar refractivity (Wildman–Crippen MR) is 60.3 cm³/mol. The van der Waals surface area contributed by atoms with Crippen LogP contribution in [0.3, 0.4) is 0 Å². The molecule has 82 valence electrons. The Hall–Kier alpha value is -0.810. The first-order valence-corrected chi connectivity index (χ1v) is 5.91. The molecule has 0 aromatic rings. The molecule has 1 N–H and O–H groups in total. The van der Waals surface area contributed by atoms with Gasteiger partial charge in [0, 0.05) is 18.8 Å². The lowest BCUT2D eigenvalue weighted by atomic mass is 9.90. The Morgan fingerprint density at radius 3 is 2.87 bits per heavy atom. The summed E-state index contributed by atoms with van der Waals surface area (Å²) in [5.74, 6) is 6.64. The third-order valence-corrected chi connectivity index (χ3v) is 3.85. The topological polar surface area (TPSA) is 29.1 Å². The molecule has 0 aromatic heterocycles. The van der Waals surface area contributed by atoms with E-state index in [-0.39, 0.29) is 0 Å². The van der Waals surface area contributed by atoms with Crippen LogP contribution >= 0.6 is 0 Å². The second-order valence-corrected chi connectivity index (χ2v) is 4.76. The standard InChI is InChI=1S/C13H19NO/c1-2-3-4-5-12(15)11-10-13(11)6-8-14-9-7-13/h11,14H,4-10H2,1H3. The van der Waals surface area contributed by atoms with E-state index in [0.717, 1.165) is 25.9 Å². The quantitative estimate of drug-likeness (QED) is 0.711. The lowest BCUT2D eigenvalue weighted by Crippen LogP contribution is -2.30. The van der Waals surface area contributed by atoms with Crippen molar-refractivity contribution in [1.29, 1.82) is 0 Å². The molecule has 1 unspecified atom stereocenters. The van der Waals surface area contributed by atoms with Crippen molar-refractivity contribution in [3.63, 3.8) is 0 Å². The minimum Gasteiger partial charge on any atom is -0.317 e. The Bertz CT molecular complexity index is 304. The molecule has 2 rings (SSSR count). The zero-order chi connectivity index (χ0) is 10.7. The largest absolute Gasteiger partial charge is 0.317 e. The van der Waals surface area contributed by atoms with Crippen LogP contribution in [0.1, 0.15) is 39.0 Å². The smallest absolute Gasteiger partial charge is 0.137 e. The number of hydrogen-bond donors (Lipinski definition) is 1. The molecule has 0 aromatic carbocycles. The van der Waals surface area contributed by atoms with Crippen LogP contribution in [0.15, 0.2) is 0 Å². The number of carbonyl (C=O) groups excluding carboxylic acids is 1. The van der Waals surface area contributed by atoms with E-state index in [1.807, 2.05) is 6.92 Å². The molecule has 2 nitrogen and oxygen atoms in total. The van der Waals surface area contributed by atoms with E-state index >= 15 is 0 Å². The Balaban J connectivity index is 1.80. The predicted octanol–water partition coefficient (Wildman–Crippen LogP) is 1.75. The van der Waals surface area contributed by atoms with Crippen molar-refractivity contribution < 1.29 is 4.79 Å². The summed E-state index contributed by atoms with van der Waals surface area (Å²) in [4.78, 5) is 11.9. The Kier molecular flexibility index (Phi) is 3.11. The number of ketones is 1. The van der Waals surface area contributed by atoms with Gasteiger partial charge >= 0.3 is 0 Å². The van der Waals surface area contributed by atoms with Gasteiger partial charge < -0.3 is 5.32 Å². The van der Waals surface area contributed by atoms with E-state index < -0.39 is 0 Å². The molecule has 1 saturated carbocycles. The van der Waals surface area contributed by atoms with Crippen molar-refractivity contribution in [1.82, 2.24) is 5.32 Å². The summed E-state index contributed by atoms with van der Waals surface area (Å²) < 4.78 is 0. The second-order valence-electron chi connectivity index (χ2n) is 4.76. The van der Waals surface area contributed by atoms with E-state index in [9.17, 15) is 4.79 Å². The number of Topliss-reactive ketones (excluding diaryl/α,β-unsaturated/α-hetero) is 1. The monoisotopic (exact) mass is 205 g/mol. The minimum atomic E-state index is 0.373. The van der Waals surface area contributed by atoms with Crippen LogP contribution in [0.25, 0.3) is 0 Å². The highest BCUT2D eigenvalue weighted by Gasteiger charge is 2.56. The van der Waals surface area contributed by atoms with Gasteiger partial charge in [-0.3, -0.25) is 4.79 Å². The lowest BCUT2D eigenvalue weighted by molar-refractivity contribution is -0.121. The van der Waals surface area contributed by atoms with E-state index in [2.05, 4.69) is 17.2 Å². The average Bonchev–Trinajstić information content (AvgIpc) is 2.94. The van der Waals surface area contributed by atoms with Gasteiger partial charge in [0.15, 0.2) is 0 Å². The first-order valence-electron chi connectivity index (χ1n) is 5.91. The van der Waals surface area contributed by atoms with Crippen molar-refractivity contribution in [3.8, 4) is 11.8 Å². The van der Waals surface area contributed by atoms with Gasteiger partial charge in [-0.25, -0.2) is 0 Å². The van der Waals surface area contributed by atoms with Crippen LogP contribution in [0.4, 0.5) is 0 Å². The van der Waals surface area contributed by atoms with Gasteiger partial charge in [-0.05, 0) is 44.7 Å². The van der Waals surface area contributed by atoms with Crippen molar-refractivity contribution >= 4 is 5.78 Å². The highest BCUT2D eigenvalue weighted by Crippen LogP contribution is 2.59. The maximum absolute atomic E-state index is 11.9.